The second-order valence-electron chi connectivity index (χ2n) is 4.96. The number of ether oxygens (including phenoxy) is 1. The Kier molecular flexibility index (Phi) is 4.68. The Hall–Kier alpha value is -1.23. The van der Waals surface area contributed by atoms with Crippen LogP contribution in [-0.4, -0.2) is 17.8 Å². The van der Waals surface area contributed by atoms with Crippen molar-refractivity contribution >= 4 is 23.4 Å². The van der Waals surface area contributed by atoms with Crippen LogP contribution in [0.4, 0.5) is 0 Å². The molecular formula is C16H17ClN2OS. The summed E-state index contributed by atoms with van der Waals surface area (Å²) in [5.41, 5.74) is 2.46. The molecule has 1 aromatic carbocycles. The fourth-order valence-corrected chi connectivity index (χ4v) is 3.74. The molecule has 5 heteroatoms. The number of hydrogen-bond donors (Lipinski definition) is 1. The first-order chi connectivity index (χ1) is 10.3. The van der Waals surface area contributed by atoms with Gasteiger partial charge in [-0.25, -0.2) is 4.98 Å². The zero-order valence-electron chi connectivity index (χ0n) is 11.8. The lowest BCUT2D eigenvalue weighted by molar-refractivity contribution is 0.397. The summed E-state index contributed by atoms with van der Waals surface area (Å²) in [4.78, 5) is 5.56. The quantitative estimate of drug-likeness (QED) is 0.920. The lowest BCUT2D eigenvalue weighted by Gasteiger charge is -2.26. The number of methoxy groups -OCH3 is 1. The van der Waals surface area contributed by atoms with Crippen molar-refractivity contribution in [3.05, 3.63) is 52.7 Å². The van der Waals surface area contributed by atoms with Crippen molar-refractivity contribution < 1.29 is 4.74 Å². The van der Waals surface area contributed by atoms with E-state index >= 15 is 0 Å². The van der Waals surface area contributed by atoms with E-state index in [9.17, 15) is 0 Å². The number of rotatable bonds is 4. The molecule has 0 spiro atoms. The summed E-state index contributed by atoms with van der Waals surface area (Å²) in [7, 11) is 1.63. The van der Waals surface area contributed by atoms with E-state index < -0.39 is 0 Å². The lowest BCUT2D eigenvalue weighted by atomic mass is 10.0. The number of hydrogen-bond acceptors (Lipinski definition) is 4. The van der Waals surface area contributed by atoms with Crippen molar-refractivity contribution in [2.45, 2.75) is 23.9 Å². The number of nitrogens with one attached hydrogen (secondary N) is 1. The number of pyridine rings is 1. The molecule has 1 unspecified atom stereocenters. The largest absolute Gasteiger partial charge is 0.481 e. The smallest absolute Gasteiger partial charge is 0.212 e. The molecule has 1 aliphatic rings. The highest BCUT2D eigenvalue weighted by Gasteiger charge is 2.20. The number of nitrogens with zero attached hydrogens (tertiary/aromatic N) is 1. The average Bonchev–Trinajstić information content (AvgIpc) is 2.53. The van der Waals surface area contributed by atoms with Gasteiger partial charge in [0, 0.05) is 34.8 Å². The Balaban J connectivity index is 1.70. The van der Waals surface area contributed by atoms with Gasteiger partial charge in [-0.2, -0.15) is 0 Å². The van der Waals surface area contributed by atoms with Gasteiger partial charge in [0.15, 0.2) is 0 Å². The lowest BCUT2D eigenvalue weighted by Crippen LogP contribution is -2.24. The van der Waals surface area contributed by atoms with Gasteiger partial charge in [0.2, 0.25) is 5.88 Å². The van der Waals surface area contributed by atoms with Gasteiger partial charge in [0.25, 0.3) is 0 Å². The zero-order valence-corrected chi connectivity index (χ0v) is 13.4. The minimum Gasteiger partial charge on any atom is -0.481 e. The first-order valence-electron chi connectivity index (χ1n) is 6.91. The second kappa shape index (κ2) is 6.69. The monoisotopic (exact) mass is 320 g/mol. The van der Waals surface area contributed by atoms with Crippen LogP contribution in [0.25, 0.3) is 0 Å². The Labute approximate surface area is 134 Å². The maximum Gasteiger partial charge on any atom is 0.212 e. The molecule has 1 N–H and O–H groups in total. The van der Waals surface area contributed by atoms with Crippen LogP contribution < -0.4 is 10.1 Å². The number of aromatic nitrogens is 1. The van der Waals surface area contributed by atoms with Crippen molar-refractivity contribution in [2.75, 3.05) is 12.9 Å². The molecule has 1 aliphatic heterocycles. The molecular weight excluding hydrogens is 304 g/mol. The topological polar surface area (TPSA) is 34.1 Å². The Morgan fingerprint density at radius 1 is 1.38 bits per heavy atom. The van der Waals surface area contributed by atoms with Gasteiger partial charge in [0.05, 0.1) is 7.11 Å². The molecule has 2 aromatic rings. The van der Waals surface area contributed by atoms with E-state index in [4.69, 9.17) is 16.3 Å². The summed E-state index contributed by atoms with van der Waals surface area (Å²) in [5.74, 6) is 1.78. The molecule has 0 saturated heterocycles. The predicted molar refractivity (Wildman–Crippen MR) is 87.2 cm³/mol. The molecule has 0 fully saturated rings. The fraction of sp³-hybridized carbons (Fsp3) is 0.312. The van der Waals surface area contributed by atoms with Gasteiger partial charge < -0.3 is 10.1 Å². The van der Waals surface area contributed by atoms with Crippen LogP contribution >= 0.6 is 23.4 Å². The number of thioether (sulfide) groups is 1. The summed E-state index contributed by atoms with van der Waals surface area (Å²) in [6.45, 7) is 0.790. The average molecular weight is 321 g/mol. The van der Waals surface area contributed by atoms with Crippen LogP contribution in [0.1, 0.15) is 23.6 Å². The van der Waals surface area contributed by atoms with E-state index in [-0.39, 0.29) is 0 Å². The summed E-state index contributed by atoms with van der Waals surface area (Å²) in [6, 6.07) is 10.4. The SMILES string of the molecule is COc1ccc(CNC2CCSc3ccc(Cl)cc32)cn1. The minimum absolute atomic E-state index is 0.349. The Morgan fingerprint density at radius 2 is 2.29 bits per heavy atom. The number of fused-ring (bicyclic) bond motifs is 1. The highest BCUT2D eigenvalue weighted by atomic mass is 35.5. The molecule has 0 saturated carbocycles. The van der Waals surface area contributed by atoms with Crippen LogP contribution in [0.3, 0.4) is 0 Å². The molecule has 0 radical (unpaired) electrons. The van der Waals surface area contributed by atoms with Gasteiger partial charge in [-0.3, -0.25) is 0 Å². The first kappa shape index (κ1) is 14.7. The minimum atomic E-state index is 0.349. The van der Waals surface area contributed by atoms with Crippen molar-refractivity contribution in [1.82, 2.24) is 10.3 Å². The van der Waals surface area contributed by atoms with Crippen LogP contribution in [-0.2, 0) is 6.54 Å². The predicted octanol–water partition coefficient (Wildman–Crippen LogP) is 4.07. The van der Waals surface area contributed by atoms with Gasteiger partial charge in [-0.15, -0.1) is 11.8 Å². The van der Waals surface area contributed by atoms with E-state index in [1.54, 1.807) is 7.11 Å². The molecule has 3 rings (SSSR count). The van der Waals surface area contributed by atoms with E-state index in [1.165, 1.54) is 10.5 Å². The van der Waals surface area contributed by atoms with E-state index in [0.29, 0.717) is 11.9 Å². The summed E-state index contributed by atoms with van der Waals surface area (Å²) in [6.07, 6.45) is 2.96. The maximum absolute atomic E-state index is 6.13. The molecule has 1 aromatic heterocycles. The van der Waals surface area contributed by atoms with Gasteiger partial charge in [-0.05, 0) is 41.5 Å². The molecule has 3 nitrogen and oxygen atoms in total. The molecule has 0 amide bonds. The second-order valence-corrected chi connectivity index (χ2v) is 6.53. The molecule has 2 heterocycles. The molecule has 21 heavy (non-hydrogen) atoms. The summed E-state index contributed by atoms with van der Waals surface area (Å²) < 4.78 is 5.07. The number of benzene rings is 1. The molecule has 1 atom stereocenters. The Morgan fingerprint density at radius 3 is 3.05 bits per heavy atom. The van der Waals surface area contributed by atoms with Gasteiger partial charge in [0.1, 0.15) is 0 Å². The zero-order chi connectivity index (χ0) is 14.7. The van der Waals surface area contributed by atoms with Gasteiger partial charge >= 0.3 is 0 Å². The maximum atomic E-state index is 6.13. The summed E-state index contributed by atoms with van der Waals surface area (Å²) in [5, 5.41) is 4.41. The van der Waals surface area contributed by atoms with Crippen molar-refractivity contribution in [1.29, 1.82) is 0 Å². The van der Waals surface area contributed by atoms with E-state index in [0.717, 1.165) is 29.3 Å². The van der Waals surface area contributed by atoms with Crippen LogP contribution in [0.15, 0.2) is 41.4 Å². The van der Waals surface area contributed by atoms with Gasteiger partial charge in [-0.1, -0.05) is 17.7 Å². The van der Waals surface area contributed by atoms with E-state index in [1.807, 2.05) is 36.2 Å². The van der Waals surface area contributed by atoms with E-state index in [2.05, 4.69) is 22.4 Å². The Bertz CT molecular complexity index is 618. The molecule has 0 aliphatic carbocycles. The highest BCUT2D eigenvalue weighted by molar-refractivity contribution is 7.99. The molecule has 0 bridgehead atoms. The summed E-state index contributed by atoms with van der Waals surface area (Å²) >= 11 is 8.03. The van der Waals surface area contributed by atoms with Crippen LogP contribution in [0, 0.1) is 0 Å². The van der Waals surface area contributed by atoms with Crippen LogP contribution in [0.2, 0.25) is 5.02 Å². The molecule has 110 valence electrons. The number of halogens is 1. The van der Waals surface area contributed by atoms with Crippen molar-refractivity contribution in [3.63, 3.8) is 0 Å². The fourth-order valence-electron chi connectivity index (χ4n) is 2.45. The standard InChI is InChI=1S/C16H17ClN2OS/c1-20-16-5-2-11(10-19-16)9-18-14-6-7-21-15-4-3-12(17)8-13(14)15/h2-5,8,10,14,18H,6-7,9H2,1H3. The highest BCUT2D eigenvalue weighted by Crippen LogP contribution is 2.37. The third-order valence-corrected chi connectivity index (χ3v) is 4.93. The first-order valence-corrected chi connectivity index (χ1v) is 8.27. The third-order valence-electron chi connectivity index (χ3n) is 3.57. The third kappa shape index (κ3) is 3.51. The van der Waals surface area contributed by atoms with Crippen molar-refractivity contribution in [3.8, 4) is 5.88 Å². The normalized spacial score (nSPS) is 17.3. The van der Waals surface area contributed by atoms with Crippen molar-refractivity contribution in [2.24, 2.45) is 0 Å². The van der Waals surface area contributed by atoms with Crippen LogP contribution in [0.5, 0.6) is 5.88 Å².